The van der Waals surface area contributed by atoms with Crippen molar-refractivity contribution < 1.29 is 14.6 Å². The number of phenols is 1. The second-order valence-electron chi connectivity index (χ2n) is 6.93. The molecule has 1 amide bonds. The van der Waals surface area contributed by atoms with Crippen LogP contribution in [0.3, 0.4) is 0 Å². The van der Waals surface area contributed by atoms with Crippen LogP contribution in [0.2, 0.25) is 0 Å². The van der Waals surface area contributed by atoms with Crippen LogP contribution in [0, 0.1) is 0 Å². The van der Waals surface area contributed by atoms with Crippen molar-refractivity contribution in [1.29, 1.82) is 0 Å². The van der Waals surface area contributed by atoms with Gasteiger partial charge in [-0.25, -0.2) is 0 Å². The maximum atomic E-state index is 13.1. The number of anilines is 1. The number of amides is 1. The van der Waals surface area contributed by atoms with Crippen LogP contribution in [0.25, 0.3) is 0 Å². The van der Waals surface area contributed by atoms with Gasteiger partial charge < -0.3 is 19.6 Å². The molecule has 0 aliphatic carbocycles. The normalized spacial score (nSPS) is 19.7. The highest BCUT2D eigenvalue weighted by Crippen LogP contribution is 2.29. The zero-order chi connectivity index (χ0) is 19.4. The topological polar surface area (TPSA) is 53.0 Å². The van der Waals surface area contributed by atoms with Crippen molar-refractivity contribution in [3.05, 3.63) is 59.7 Å². The van der Waals surface area contributed by atoms with E-state index in [0.717, 1.165) is 24.3 Å². The number of carbonyl (C=O) groups excluding carboxylic acids is 1. The lowest BCUT2D eigenvalue weighted by atomic mass is 10.0. The number of aromatic hydroxyl groups is 1. The van der Waals surface area contributed by atoms with Crippen LogP contribution < -0.4 is 4.90 Å². The minimum absolute atomic E-state index is 0.0276. The number of hydrogen-bond acceptors (Lipinski definition) is 4. The molecule has 0 spiro atoms. The summed E-state index contributed by atoms with van der Waals surface area (Å²) >= 11 is 0. The van der Waals surface area contributed by atoms with Gasteiger partial charge in [0.15, 0.2) is 0 Å². The number of nitrogens with zero attached hydrogens (tertiary/aromatic N) is 2. The van der Waals surface area contributed by atoms with Crippen molar-refractivity contribution in [2.45, 2.75) is 33.0 Å². The van der Waals surface area contributed by atoms with Gasteiger partial charge >= 0.3 is 0 Å². The first-order valence-electron chi connectivity index (χ1n) is 9.61. The Morgan fingerprint density at radius 3 is 2.48 bits per heavy atom. The van der Waals surface area contributed by atoms with Crippen LogP contribution >= 0.6 is 0 Å². The fourth-order valence-corrected chi connectivity index (χ4v) is 3.63. The summed E-state index contributed by atoms with van der Waals surface area (Å²) < 4.78 is 6.04. The van der Waals surface area contributed by atoms with Gasteiger partial charge in [0.25, 0.3) is 5.91 Å². The van der Waals surface area contributed by atoms with Gasteiger partial charge in [-0.15, -0.1) is 0 Å². The van der Waals surface area contributed by atoms with Crippen molar-refractivity contribution in [1.82, 2.24) is 4.90 Å². The number of phenolic OH excluding ortho intramolecular Hbond substituents is 1. The van der Waals surface area contributed by atoms with Gasteiger partial charge in [-0.1, -0.05) is 30.3 Å². The van der Waals surface area contributed by atoms with Gasteiger partial charge in [-0.3, -0.25) is 4.79 Å². The molecule has 2 aromatic rings. The summed E-state index contributed by atoms with van der Waals surface area (Å²) in [4.78, 5) is 17.0. The Morgan fingerprint density at radius 1 is 1.15 bits per heavy atom. The third kappa shape index (κ3) is 4.25. The number of morpholine rings is 1. The minimum Gasteiger partial charge on any atom is -0.507 e. The fourth-order valence-electron chi connectivity index (χ4n) is 3.63. The zero-order valence-corrected chi connectivity index (χ0v) is 16.3. The van der Waals surface area contributed by atoms with E-state index >= 15 is 0 Å². The van der Waals surface area contributed by atoms with Crippen LogP contribution in [-0.2, 0) is 4.74 Å². The van der Waals surface area contributed by atoms with Crippen molar-refractivity contribution in [3.63, 3.8) is 0 Å². The lowest BCUT2D eigenvalue weighted by Gasteiger charge is -2.37. The van der Waals surface area contributed by atoms with Gasteiger partial charge in [0.2, 0.25) is 0 Å². The number of rotatable bonds is 5. The van der Waals surface area contributed by atoms with Crippen molar-refractivity contribution in [2.75, 3.05) is 31.1 Å². The van der Waals surface area contributed by atoms with Crippen LogP contribution in [0.15, 0.2) is 48.5 Å². The standard InChI is InChI=1S/C22H28N2O3/c1-4-23(5-2)18-11-12-19(20(25)13-18)22(26)24-14-16(3)27-21(15-24)17-9-7-6-8-10-17/h6-13,16,21,25H,4-5,14-15H2,1-3H3/t16-,21+/m1/s1. The highest BCUT2D eigenvalue weighted by atomic mass is 16.5. The van der Waals surface area contributed by atoms with Crippen LogP contribution in [-0.4, -0.2) is 48.2 Å². The number of carbonyl (C=O) groups is 1. The molecule has 2 aromatic carbocycles. The van der Waals surface area contributed by atoms with E-state index in [1.807, 2.05) is 43.3 Å². The Labute approximate surface area is 161 Å². The molecule has 1 fully saturated rings. The molecule has 3 rings (SSSR count). The molecular weight excluding hydrogens is 340 g/mol. The summed E-state index contributed by atoms with van der Waals surface area (Å²) in [7, 11) is 0. The Morgan fingerprint density at radius 2 is 1.85 bits per heavy atom. The molecule has 1 heterocycles. The lowest BCUT2D eigenvalue weighted by molar-refractivity contribution is -0.0692. The average Bonchev–Trinajstić information content (AvgIpc) is 2.69. The molecule has 27 heavy (non-hydrogen) atoms. The molecule has 144 valence electrons. The van der Waals surface area contributed by atoms with E-state index in [-0.39, 0.29) is 23.9 Å². The molecule has 1 aliphatic heterocycles. The SMILES string of the molecule is CCN(CC)c1ccc(C(=O)N2C[C@@H](C)O[C@H](c3ccccc3)C2)c(O)c1. The smallest absolute Gasteiger partial charge is 0.257 e. The van der Waals surface area contributed by atoms with Gasteiger partial charge in [0, 0.05) is 31.4 Å². The number of benzene rings is 2. The van der Waals surface area contributed by atoms with Crippen molar-refractivity contribution in [3.8, 4) is 5.75 Å². The average molecular weight is 368 g/mol. The first-order valence-corrected chi connectivity index (χ1v) is 9.61. The van der Waals surface area contributed by atoms with Gasteiger partial charge in [-0.2, -0.15) is 0 Å². The molecule has 1 saturated heterocycles. The van der Waals surface area contributed by atoms with E-state index in [0.29, 0.717) is 18.7 Å². The van der Waals surface area contributed by atoms with E-state index in [2.05, 4.69) is 18.7 Å². The second-order valence-corrected chi connectivity index (χ2v) is 6.93. The Hall–Kier alpha value is -2.53. The molecule has 5 heteroatoms. The highest BCUT2D eigenvalue weighted by molar-refractivity contribution is 5.97. The molecule has 1 N–H and O–H groups in total. The molecule has 0 bridgehead atoms. The minimum atomic E-state index is -0.158. The Kier molecular flexibility index (Phi) is 6.01. The Bertz CT molecular complexity index is 774. The van der Waals surface area contributed by atoms with Gasteiger partial charge in [0.05, 0.1) is 18.2 Å². The first-order chi connectivity index (χ1) is 13.0. The van der Waals surface area contributed by atoms with Crippen LogP contribution in [0.5, 0.6) is 5.75 Å². The van der Waals surface area contributed by atoms with E-state index in [4.69, 9.17) is 4.74 Å². The second kappa shape index (κ2) is 8.44. The molecule has 1 aliphatic rings. The number of ether oxygens (including phenoxy) is 1. The number of hydrogen-bond donors (Lipinski definition) is 1. The maximum absolute atomic E-state index is 13.1. The largest absolute Gasteiger partial charge is 0.507 e. The summed E-state index contributed by atoms with van der Waals surface area (Å²) in [6.07, 6.45) is -0.221. The van der Waals surface area contributed by atoms with Crippen molar-refractivity contribution >= 4 is 11.6 Å². The Balaban J connectivity index is 1.80. The van der Waals surface area contributed by atoms with Crippen LogP contribution in [0.1, 0.15) is 42.8 Å². The molecule has 0 radical (unpaired) electrons. The predicted octanol–water partition coefficient (Wildman–Crippen LogP) is 3.84. The summed E-state index contributed by atoms with van der Waals surface area (Å²) in [5, 5.41) is 10.5. The molecule has 5 nitrogen and oxygen atoms in total. The maximum Gasteiger partial charge on any atom is 0.257 e. The third-order valence-corrected chi connectivity index (χ3v) is 5.06. The molecular formula is C22H28N2O3. The van der Waals surface area contributed by atoms with E-state index < -0.39 is 0 Å². The molecule has 2 atom stereocenters. The van der Waals surface area contributed by atoms with E-state index in [1.165, 1.54) is 0 Å². The van der Waals surface area contributed by atoms with Crippen molar-refractivity contribution in [2.24, 2.45) is 0 Å². The van der Waals surface area contributed by atoms with Gasteiger partial charge in [-0.05, 0) is 38.5 Å². The quantitative estimate of drug-likeness (QED) is 0.871. The molecule has 0 aromatic heterocycles. The summed E-state index contributed by atoms with van der Waals surface area (Å²) in [6.45, 7) is 8.80. The van der Waals surface area contributed by atoms with Gasteiger partial charge in [0.1, 0.15) is 11.9 Å². The lowest BCUT2D eigenvalue weighted by Crippen LogP contribution is -2.46. The molecule has 0 unspecified atom stereocenters. The summed E-state index contributed by atoms with van der Waals surface area (Å²) in [6, 6.07) is 15.3. The molecule has 0 saturated carbocycles. The highest BCUT2D eigenvalue weighted by Gasteiger charge is 2.31. The predicted molar refractivity (Wildman–Crippen MR) is 107 cm³/mol. The first kappa shape index (κ1) is 19.2. The fraction of sp³-hybridized carbons (Fsp3) is 0.409. The van der Waals surface area contributed by atoms with E-state index in [1.54, 1.807) is 17.0 Å². The zero-order valence-electron chi connectivity index (χ0n) is 16.3. The third-order valence-electron chi connectivity index (χ3n) is 5.06. The van der Waals surface area contributed by atoms with E-state index in [9.17, 15) is 9.90 Å². The summed E-state index contributed by atoms with van der Waals surface area (Å²) in [5.74, 6) is -0.130. The summed E-state index contributed by atoms with van der Waals surface area (Å²) in [5.41, 5.74) is 2.32. The monoisotopic (exact) mass is 368 g/mol. The van der Waals surface area contributed by atoms with Crippen LogP contribution in [0.4, 0.5) is 5.69 Å².